The van der Waals surface area contributed by atoms with Crippen molar-refractivity contribution in [2.75, 3.05) is 20.3 Å². The number of benzene rings is 1. The topological polar surface area (TPSA) is 82.2 Å². The van der Waals surface area contributed by atoms with Gasteiger partial charge in [-0.3, -0.25) is 10.1 Å². The molecule has 0 aliphatic rings. The number of rotatable bonds is 7. The first-order valence-corrected chi connectivity index (χ1v) is 6.29. The fraction of sp³-hybridized carbons (Fsp3) is 0.308. The summed E-state index contributed by atoms with van der Waals surface area (Å²) in [5.74, 6) is -0.672. The maximum Gasteiger partial charge on any atom is 0.274 e. The van der Waals surface area contributed by atoms with Crippen molar-refractivity contribution in [3.63, 3.8) is 0 Å². The molecule has 0 bridgehead atoms. The van der Waals surface area contributed by atoms with E-state index in [4.69, 9.17) is 4.74 Å². The minimum Gasteiger partial charge on any atom is -0.383 e. The summed E-state index contributed by atoms with van der Waals surface area (Å²) in [7, 11) is 1.62. The molecule has 8 heteroatoms. The van der Waals surface area contributed by atoms with Crippen molar-refractivity contribution in [3.8, 4) is 5.69 Å². The van der Waals surface area contributed by atoms with Gasteiger partial charge in [-0.05, 0) is 6.07 Å². The van der Waals surface area contributed by atoms with Crippen LogP contribution in [0.3, 0.4) is 0 Å². The molecule has 0 fully saturated rings. The van der Waals surface area contributed by atoms with E-state index >= 15 is 0 Å². The van der Waals surface area contributed by atoms with E-state index in [9.17, 15) is 14.5 Å². The number of nitro benzene ring substituents is 1. The second-order valence-corrected chi connectivity index (χ2v) is 4.35. The SMILES string of the molecule is COCCNCc1ccn(-c2cc(F)cc([N+](=O)[O-])c2)n1. The molecule has 21 heavy (non-hydrogen) atoms. The highest BCUT2D eigenvalue weighted by Crippen LogP contribution is 2.19. The summed E-state index contributed by atoms with van der Waals surface area (Å²) in [6.45, 7) is 1.82. The fourth-order valence-electron chi connectivity index (χ4n) is 1.79. The standard InChI is InChI=1S/C13H15FN4O3/c1-21-5-3-15-9-11-2-4-17(16-11)12-6-10(14)7-13(8-12)18(19)20/h2,4,6-8,15H,3,5,9H2,1H3. The lowest BCUT2D eigenvalue weighted by Gasteiger charge is -2.03. The van der Waals surface area contributed by atoms with Crippen LogP contribution >= 0.6 is 0 Å². The first-order valence-electron chi connectivity index (χ1n) is 6.29. The average Bonchev–Trinajstić information content (AvgIpc) is 2.92. The lowest BCUT2D eigenvalue weighted by atomic mass is 10.3. The van der Waals surface area contributed by atoms with E-state index in [1.54, 1.807) is 19.4 Å². The van der Waals surface area contributed by atoms with Crippen LogP contribution in [0.4, 0.5) is 10.1 Å². The minimum atomic E-state index is -0.672. The Morgan fingerprint density at radius 2 is 2.29 bits per heavy atom. The Hall–Kier alpha value is -2.32. The summed E-state index contributed by atoms with van der Waals surface area (Å²) in [6.07, 6.45) is 1.63. The molecule has 2 aromatic rings. The monoisotopic (exact) mass is 294 g/mol. The van der Waals surface area contributed by atoms with Crippen LogP contribution in [0.2, 0.25) is 0 Å². The first-order chi connectivity index (χ1) is 10.1. The molecule has 0 aliphatic heterocycles. The zero-order valence-electron chi connectivity index (χ0n) is 11.5. The van der Waals surface area contributed by atoms with Crippen molar-refractivity contribution < 1.29 is 14.1 Å². The van der Waals surface area contributed by atoms with Gasteiger partial charge in [-0.1, -0.05) is 0 Å². The third-order valence-corrected chi connectivity index (χ3v) is 2.78. The number of aromatic nitrogens is 2. The molecule has 0 unspecified atom stereocenters. The molecule has 112 valence electrons. The van der Waals surface area contributed by atoms with Crippen LogP contribution in [0.15, 0.2) is 30.5 Å². The van der Waals surface area contributed by atoms with Crippen LogP contribution < -0.4 is 5.32 Å². The molecule has 0 saturated carbocycles. The number of nitrogens with one attached hydrogen (secondary N) is 1. The molecule has 0 aliphatic carbocycles. The molecule has 1 aromatic carbocycles. The van der Waals surface area contributed by atoms with Crippen LogP contribution in [0.25, 0.3) is 5.69 Å². The number of nitro groups is 1. The van der Waals surface area contributed by atoms with Gasteiger partial charge in [-0.15, -0.1) is 0 Å². The maximum absolute atomic E-state index is 13.4. The molecular weight excluding hydrogens is 279 g/mol. The Bertz CT molecular complexity index is 630. The van der Waals surface area contributed by atoms with Gasteiger partial charge in [0.25, 0.3) is 5.69 Å². The van der Waals surface area contributed by atoms with Crippen molar-refractivity contribution in [1.82, 2.24) is 15.1 Å². The fourth-order valence-corrected chi connectivity index (χ4v) is 1.79. The van der Waals surface area contributed by atoms with Gasteiger partial charge in [-0.25, -0.2) is 9.07 Å². The lowest BCUT2D eigenvalue weighted by Crippen LogP contribution is -2.18. The van der Waals surface area contributed by atoms with Gasteiger partial charge in [-0.2, -0.15) is 5.10 Å². The molecule has 0 saturated heterocycles. The molecule has 0 atom stereocenters. The number of ether oxygens (including phenoxy) is 1. The highest BCUT2D eigenvalue weighted by atomic mass is 19.1. The van der Waals surface area contributed by atoms with Gasteiger partial charge >= 0.3 is 0 Å². The Labute approximate surface area is 120 Å². The second kappa shape index (κ2) is 6.91. The summed E-state index contributed by atoms with van der Waals surface area (Å²) < 4.78 is 19.7. The predicted molar refractivity (Wildman–Crippen MR) is 73.8 cm³/mol. The number of methoxy groups -OCH3 is 1. The number of non-ortho nitro benzene ring substituents is 1. The van der Waals surface area contributed by atoms with Gasteiger partial charge in [0.15, 0.2) is 0 Å². The second-order valence-electron chi connectivity index (χ2n) is 4.35. The van der Waals surface area contributed by atoms with E-state index in [2.05, 4.69) is 10.4 Å². The van der Waals surface area contributed by atoms with E-state index in [0.717, 1.165) is 11.8 Å². The van der Waals surface area contributed by atoms with Crippen LogP contribution in [0, 0.1) is 15.9 Å². The molecule has 0 spiro atoms. The largest absolute Gasteiger partial charge is 0.383 e. The van der Waals surface area contributed by atoms with Gasteiger partial charge < -0.3 is 10.1 Å². The Morgan fingerprint density at radius 1 is 1.48 bits per heavy atom. The van der Waals surface area contributed by atoms with Crippen molar-refractivity contribution in [1.29, 1.82) is 0 Å². The third kappa shape index (κ3) is 4.07. The smallest absolute Gasteiger partial charge is 0.274 e. The molecule has 7 nitrogen and oxygen atoms in total. The van der Waals surface area contributed by atoms with E-state index < -0.39 is 10.7 Å². The lowest BCUT2D eigenvalue weighted by molar-refractivity contribution is -0.385. The summed E-state index contributed by atoms with van der Waals surface area (Å²) in [5.41, 5.74) is 0.753. The van der Waals surface area contributed by atoms with E-state index in [1.807, 2.05) is 0 Å². The zero-order chi connectivity index (χ0) is 15.2. The van der Waals surface area contributed by atoms with Crippen LogP contribution in [0.1, 0.15) is 5.69 Å². The molecule has 2 rings (SSSR count). The van der Waals surface area contributed by atoms with E-state index in [-0.39, 0.29) is 5.69 Å². The summed E-state index contributed by atoms with van der Waals surface area (Å²) in [6, 6.07) is 5.11. The number of halogens is 1. The molecule has 1 aromatic heterocycles. The maximum atomic E-state index is 13.4. The highest BCUT2D eigenvalue weighted by molar-refractivity contribution is 5.43. The summed E-state index contributed by atoms with van der Waals surface area (Å²) in [4.78, 5) is 10.1. The predicted octanol–water partition coefficient (Wildman–Crippen LogP) is 1.66. The van der Waals surface area contributed by atoms with Crippen LogP contribution in [0.5, 0.6) is 0 Å². The Balaban J connectivity index is 2.12. The molecule has 0 radical (unpaired) electrons. The third-order valence-electron chi connectivity index (χ3n) is 2.78. The van der Waals surface area contributed by atoms with Crippen molar-refractivity contribution in [2.45, 2.75) is 6.54 Å². The molecule has 1 heterocycles. The van der Waals surface area contributed by atoms with Crippen LogP contribution in [-0.2, 0) is 11.3 Å². The molecular formula is C13H15FN4O3. The Morgan fingerprint density at radius 3 is 3.00 bits per heavy atom. The quantitative estimate of drug-likeness (QED) is 0.477. The molecule has 1 N–H and O–H groups in total. The van der Waals surface area contributed by atoms with Gasteiger partial charge in [0.1, 0.15) is 5.82 Å². The normalized spacial score (nSPS) is 10.8. The Kier molecular flexibility index (Phi) is 4.96. The van der Waals surface area contributed by atoms with Crippen molar-refractivity contribution in [3.05, 3.63) is 52.1 Å². The van der Waals surface area contributed by atoms with Crippen LogP contribution in [-0.4, -0.2) is 35.0 Å². The van der Waals surface area contributed by atoms with Gasteiger partial charge in [0.2, 0.25) is 0 Å². The van der Waals surface area contributed by atoms with Gasteiger partial charge in [0, 0.05) is 38.5 Å². The number of hydrogen-bond acceptors (Lipinski definition) is 5. The minimum absolute atomic E-state index is 0.305. The zero-order valence-corrected chi connectivity index (χ0v) is 11.5. The number of nitrogens with zero attached hydrogens (tertiary/aromatic N) is 3. The van der Waals surface area contributed by atoms with Crippen molar-refractivity contribution in [2.24, 2.45) is 0 Å². The highest BCUT2D eigenvalue weighted by Gasteiger charge is 2.11. The summed E-state index contributed by atoms with van der Waals surface area (Å²) in [5, 5.41) is 18.1. The number of hydrogen-bond donors (Lipinski definition) is 1. The van der Waals surface area contributed by atoms with Crippen molar-refractivity contribution >= 4 is 5.69 Å². The molecule has 0 amide bonds. The van der Waals surface area contributed by atoms with E-state index in [1.165, 1.54) is 16.8 Å². The van der Waals surface area contributed by atoms with E-state index in [0.29, 0.717) is 25.4 Å². The summed E-state index contributed by atoms with van der Waals surface area (Å²) >= 11 is 0. The average molecular weight is 294 g/mol. The van der Waals surface area contributed by atoms with Gasteiger partial charge in [0.05, 0.1) is 29.0 Å². The first kappa shape index (κ1) is 15.1.